The lowest BCUT2D eigenvalue weighted by Crippen LogP contribution is -2.53. The number of amides is 1. The second kappa shape index (κ2) is 7.63. The average Bonchev–Trinajstić information content (AvgIpc) is 3.10. The number of carbonyl (C=O) groups is 1. The van der Waals surface area contributed by atoms with Crippen LogP contribution in [0.5, 0.6) is 0 Å². The number of hydrogen-bond acceptors (Lipinski definition) is 6. The van der Waals surface area contributed by atoms with Crippen LogP contribution in [0.1, 0.15) is 25.8 Å². The van der Waals surface area contributed by atoms with E-state index in [9.17, 15) is 4.79 Å². The second-order valence-corrected chi connectivity index (χ2v) is 7.17. The van der Waals surface area contributed by atoms with Gasteiger partial charge in [-0.15, -0.1) is 10.2 Å². The molecule has 7 nitrogen and oxygen atoms in total. The quantitative estimate of drug-likeness (QED) is 0.802. The highest BCUT2D eigenvalue weighted by molar-refractivity contribution is 7.99. The van der Waals surface area contributed by atoms with E-state index in [-0.39, 0.29) is 18.1 Å². The highest BCUT2D eigenvalue weighted by Crippen LogP contribution is 2.22. The third-order valence-electron chi connectivity index (χ3n) is 4.60. The Morgan fingerprint density at radius 2 is 2.22 bits per heavy atom. The van der Waals surface area contributed by atoms with E-state index in [2.05, 4.69) is 22.0 Å². The lowest BCUT2D eigenvalue weighted by molar-refractivity contribution is -0.144. The van der Waals surface area contributed by atoms with Gasteiger partial charge in [0.05, 0.1) is 19.2 Å². The summed E-state index contributed by atoms with van der Waals surface area (Å²) in [5.74, 6) is 3.24. The van der Waals surface area contributed by atoms with Gasteiger partial charge in [0.1, 0.15) is 12.4 Å². The van der Waals surface area contributed by atoms with Crippen molar-refractivity contribution in [1.82, 2.24) is 24.6 Å². The molecule has 0 aliphatic carbocycles. The van der Waals surface area contributed by atoms with Crippen molar-refractivity contribution in [2.75, 3.05) is 44.3 Å². The van der Waals surface area contributed by atoms with Gasteiger partial charge >= 0.3 is 0 Å². The van der Waals surface area contributed by atoms with E-state index in [1.54, 1.807) is 6.33 Å². The molecule has 0 bridgehead atoms. The molecule has 1 aromatic heterocycles. The summed E-state index contributed by atoms with van der Waals surface area (Å²) in [6.45, 7) is 8.64. The van der Waals surface area contributed by atoms with Crippen molar-refractivity contribution in [3.63, 3.8) is 0 Å². The zero-order valence-corrected chi connectivity index (χ0v) is 14.7. The van der Waals surface area contributed by atoms with Crippen molar-refractivity contribution in [3.05, 3.63) is 12.2 Å². The SMILES string of the molecule is CCn1cnnc1[C@H]1CN(C(=O)[C@@H](C)N2CCSCC2)CCO1. The number of carbonyl (C=O) groups excluding carboxylic acids is 1. The predicted molar refractivity (Wildman–Crippen MR) is 89.3 cm³/mol. The molecule has 2 aliphatic heterocycles. The molecule has 23 heavy (non-hydrogen) atoms. The van der Waals surface area contributed by atoms with Gasteiger partial charge < -0.3 is 14.2 Å². The Morgan fingerprint density at radius 1 is 1.43 bits per heavy atom. The van der Waals surface area contributed by atoms with Gasteiger partial charge in [0, 0.05) is 37.7 Å². The lowest BCUT2D eigenvalue weighted by Gasteiger charge is -2.38. The maximum atomic E-state index is 12.8. The molecular weight excluding hydrogens is 314 g/mol. The van der Waals surface area contributed by atoms with E-state index in [0.29, 0.717) is 19.7 Å². The summed E-state index contributed by atoms with van der Waals surface area (Å²) in [7, 11) is 0. The van der Waals surface area contributed by atoms with Gasteiger partial charge in [-0.3, -0.25) is 9.69 Å². The number of ether oxygens (including phenoxy) is 1. The summed E-state index contributed by atoms with van der Waals surface area (Å²) in [6, 6.07) is -0.0568. The van der Waals surface area contributed by atoms with Crippen molar-refractivity contribution in [2.24, 2.45) is 0 Å². The van der Waals surface area contributed by atoms with Gasteiger partial charge in [-0.1, -0.05) is 0 Å². The fourth-order valence-electron chi connectivity index (χ4n) is 3.15. The molecule has 1 amide bonds. The van der Waals surface area contributed by atoms with E-state index < -0.39 is 0 Å². The molecule has 8 heteroatoms. The molecule has 2 atom stereocenters. The smallest absolute Gasteiger partial charge is 0.239 e. The van der Waals surface area contributed by atoms with Crippen LogP contribution in [0.25, 0.3) is 0 Å². The minimum Gasteiger partial charge on any atom is -0.366 e. The van der Waals surface area contributed by atoms with Crippen LogP contribution in [0.4, 0.5) is 0 Å². The molecular formula is C15H25N5O2S. The summed E-state index contributed by atoms with van der Waals surface area (Å²) in [4.78, 5) is 17.1. The zero-order chi connectivity index (χ0) is 16.2. The Hall–Kier alpha value is -1.12. The molecule has 3 rings (SSSR count). The van der Waals surface area contributed by atoms with E-state index >= 15 is 0 Å². The monoisotopic (exact) mass is 339 g/mol. The summed E-state index contributed by atoms with van der Waals surface area (Å²) in [5.41, 5.74) is 0. The number of thioether (sulfide) groups is 1. The first-order chi connectivity index (χ1) is 11.2. The first kappa shape index (κ1) is 16.7. The maximum Gasteiger partial charge on any atom is 0.239 e. The summed E-state index contributed by atoms with van der Waals surface area (Å²) in [6.07, 6.45) is 1.53. The van der Waals surface area contributed by atoms with Gasteiger partial charge in [-0.2, -0.15) is 11.8 Å². The molecule has 0 N–H and O–H groups in total. The summed E-state index contributed by atoms with van der Waals surface area (Å²) < 4.78 is 7.81. The van der Waals surface area contributed by atoms with Gasteiger partial charge in [0.25, 0.3) is 0 Å². The van der Waals surface area contributed by atoms with E-state index in [0.717, 1.165) is 37.0 Å². The molecule has 0 aromatic carbocycles. The molecule has 3 heterocycles. The molecule has 1 aromatic rings. The van der Waals surface area contributed by atoms with Gasteiger partial charge in [0.2, 0.25) is 5.91 Å². The molecule has 0 saturated carbocycles. The first-order valence-electron chi connectivity index (χ1n) is 8.30. The topological polar surface area (TPSA) is 63.5 Å². The van der Waals surface area contributed by atoms with Crippen molar-refractivity contribution in [3.8, 4) is 0 Å². The number of hydrogen-bond donors (Lipinski definition) is 0. The second-order valence-electron chi connectivity index (χ2n) is 5.94. The van der Waals surface area contributed by atoms with Crippen LogP contribution in [-0.2, 0) is 16.1 Å². The predicted octanol–water partition coefficient (Wildman–Crippen LogP) is 0.635. The highest BCUT2D eigenvalue weighted by atomic mass is 32.2. The molecule has 2 aliphatic rings. The number of aryl methyl sites for hydroxylation is 1. The van der Waals surface area contributed by atoms with Crippen LogP contribution >= 0.6 is 11.8 Å². The molecule has 0 spiro atoms. The van der Waals surface area contributed by atoms with Crippen LogP contribution in [0, 0.1) is 0 Å². The molecule has 128 valence electrons. The van der Waals surface area contributed by atoms with E-state index in [1.807, 2.05) is 28.2 Å². The Labute approximate surface area is 141 Å². The van der Waals surface area contributed by atoms with E-state index in [4.69, 9.17) is 4.74 Å². The van der Waals surface area contributed by atoms with Crippen LogP contribution in [-0.4, -0.2) is 80.8 Å². The lowest BCUT2D eigenvalue weighted by atomic mass is 10.2. The van der Waals surface area contributed by atoms with Crippen LogP contribution in [0.15, 0.2) is 6.33 Å². The minimum atomic E-state index is -0.181. The zero-order valence-electron chi connectivity index (χ0n) is 13.8. The Morgan fingerprint density at radius 3 is 2.96 bits per heavy atom. The first-order valence-corrected chi connectivity index (χ1v) is 9.46. The molecule has 2 saturated heterocycles. The standard InChI is InChI=1S/C15H25N5O2S/c1-3-18-11-16-17-14(18)13-10-20(4-7-22-13)15(21)12(2)19-5-8-23-9-6-19/h11-13H,3-10H2,1-2H3/t12-,13-/m1/s1. The van der Waals surface area contributed by atoms with Crippen molar-refractivity contribution >= 4 is 17.7 Å². The van der Waals surface area contributed by atoms with Crippen molar-refractivity contribution in [2.45, 2.75) is 32.5 Å². The third kappa shape index (κ3) is 3.70. The fourth-order valence-corrected chi connectivity index (χ4v) is 4.08. The van der Waals surface area contributed by atoms with Crippen LogP contribution < -0.4 is 0 Å². The van der Waals surface area contributed by atoms with Gasteiger partial charge in [-0.05, 0) is 13.8 Å². The Balaban J connectivity index is 1.64. The Bertz CT molecular complexity index is 532. The minimum absolute atomic E-state index is 0.0568. The largest absolute Gasteiger partial charge is 0.366 e. The van der Waals surface area contributed by atoms with Gasteiger partial charge in [0.15, 0.2) is 5.82 Å². The van der Waals surface area contributed by atoms with Crippen LogP contribution in [0.2, 0.25) is 0 Å². The third-order valence-corrected chi connectivity index (χ3v) is 5.55. The summed E-state index contributed by atoms with van der Waals surface area (Å²) >= 11 is 1.96. The molecule has 0 unspecified atom stereocenters. The Kier molecular flexibility index (Phi) is 5.55. The summed E-state index contributed by atoms with van der Waals surface area (Å²) in [5, 5.41) is 8.14. The van der Waals surface area contributed by atoms with Gasteiger partial charge in [-0.25, -0.2) is 0 Å². The maximum absolute atomic E-state index is 12.8. The number of nitrogens with zero attached hydrogens (tertiary/aromatic N) is 5. The van der Waals surface area contributed by atoms with E-state index in [1.165, 1.54) is 0 Å². The van der Waals surface area contributed by atoms with Crippen LogP contribution in [0.3, 0.4) is 0 Å². The number of aromatic nitrogens is 3. The van der Waals surface area contributed by atoms with Crippen molar-refractivity contribution in [1.29, 1.82) is 0 Å². The van der Waals surface area contributed by atoms with Crippen molar-refractivity contribution < 1.29 is 9.53 Å². The molecule has 0 radical (unpaired) electrons. The normalized spacial score (nSPS) is 24.6. The molecule has 2 fully saturated rings. The highest BCUT2D eigenvalue weighted by Gasteiger charge is 2.32. The number of morpholine rings is 1. The number of rotatable bonds is 4. The fraction of sp³-hybridized carbons (Fsp3) is 0.800. The average molecular weight is 339 g/mol.